The topological polar surface area (TPSA) is 163 Å². The fraction of sp³-hybridized carbons (Fsp3) is 0.263. The van der Waals surface area contributed by atoms with E-state index in [1.54, 1.807) is 0 Å². The number of hydrazine groups is 2. The van der Waals surface area contributed by atoms with E-state index in [9.17, 15) is 37.1 Å². The average Bonchev–Trinajstić information content (AvgIpc) is 2.77. The number of carbonyl (C=O) groups excluding carboxylic acids is 2. The van der Waals surface area contributed by atoms with Crippen molar-refractivity contribution in [1.29, 1.82) is 0 Å². The fourth-order valence-electron chi connectivity index (χ4n) is 3.14. The third kappa shape index (κ3) is 5.32. The second-order valence-electron chi connectivity index (χ2n) is 6.75. The molecule has 2 rings (SSSR count). The summed E-state index contributed by atoms with van der Waals surface area (Å²) in [6.07, 6.45) is -5.68. The monoisotopic (exact) mass is 505 g/mol. The zero-order valence-electron chi connectivity index (χ0n) is 17.8. The second kappa shape index (κ2) is 10.4. The number of hydrogen-bond acceptors (Lipinski definition) is 8. The number of alkyl halides is 3. The molecule has 0 spiro atoms. The van der Waals surface area contributed by atoms with Gasteiger partial charge in [-0.1, -0.05) is 36.4 Å². The lowest BCUT2D eigenvalue weighted by atomic mass is 10.2. The molecular formula is C19H23F3N5O6P. The van der Waals surface area contributed by atoms with Crippen LogP contribution in [0.5, 0.6) is 0 Å². The van der Waals surface area contributed by atoms with Crippen molar-refractivity contribution in [2.24, 2.45) is 11.7 Å². The number of carbonyl (C=O) groups is 2. The van der Waals surface area contributed by atoms with Gasteiger partial charge in [0, 0.05) is 0 Å². The van der Waals surface area contributed by atoms with Crippen molar-refractivity contribution in [2.45, 2.75) is 18.6 Å². The van der Waals surface area contributed by atoms with Gasteiger partial charge >= 0.3 is 31.2 Å². The van der Waals surface area contributed by atoms with Gasteiger partial charge in [0.15, 0.2) is 0 Å². The highest BCUT2D eigenvalue weighted by Gasteiger charge is 2.66. The first-order valence-electron chi connectivity index (χ1n) is 9.58. The summed E-state index contributed by atoms with van der Waals surface area (Å²) in [5.74, 6) is 7.89. The van der Waals surface area contributed by atoms with E-state index in [0.717, 1.165) is 0 Å². The molecule has 1 amide bonds. The lowest BCUT2D eigenvalue weighted by Crippen LogP contribution is -2.77. The van der Waals surface area contributed by atoms with Gasteiger partial charge in [0.25, 0.3) is 0 Å². The van der Waals surface area contributed by atoms with Crippen LogP contribution in [0.3, 0.4) is 0 Å². The number of nitrogens with two attached hydrogens (primary N) is 2. The Morgan fingerprint density at radius 2 is 1.35 bits per heavy atom. The first-order valence-corrected chi connectivity index (χ1v) is 11.2. The molecule has 0 radical (unpaired) electrons. The molecule has 2 aromatic carbocycles. The van der Waals surface area contributed by atoms with E-state index in [1.807, 2.05) is 0 Å². The molecule has 0 unspecified atom stereocenters. The summed E-state index contributed by atoms with van der Waals surface area (Å²) in [6, 6.07) is 13.4. The van der Waals surface area contributed by atoms with Crippen LogP contribution in [0.1, 0.15) is 6.92 Å². The van der Waals surface area contributed by atoms with E-state index in [2.05, 4.69) is 4.74 Å². The standard InChI is InChI=1S/C19H23F3N5O6P/c1-2-33-16(28)13-25(17(29)18(20,21)22)19(34(30,31)32,26(23)14-9-5-3-6-10-14)27(24)15-11-7-4-8-12-15/h3-12H,2,13,23-24H2,1H3,(H2,30,31,32). The minimum Gasteiger partial charge on any atom is -0.465 e. The maximum absolute atomic E-state index is 13.7. The normalized spacial score (nSPS) is 12.1. The fourth-order valence-corrected chi connectivity index (χ4v) is 4.41. The Bertz CT molecular complexity index is 992. The molecule has 6 N–H and O–H groups in total. The lowest BCUT2D eigenvalue weighted by molar-refractivity contribution is -0.191. The van der Waals surface area contributed by atoms with E-state index in [4.69, 9.17) is 11.7 Å². The summed E-state index contributed by atoms with van der Waals surface area (Å²) in [4.78, 5) is 45.3. The van der Waals surface area contributed by atoms with E-state index >= 15 is 0 Å². The molecule has 0 saturated carbocycles. The van der Waals surface area contributed by atoms with Gasteiger partial charge in [-0.3, -0.25) is 29.1 Å². The first kappa shape index (κ1) is 27.1. The van der Waals surface area contributed by atoms with Crippen molar-refractivity contribution >= 4 is 30.8 Å². The number of anilines is 2. The van der Waals surface area contributed by atoms with Crippen LogP contribution in [0.2, 0.25) is 0 Å². The summed E-state index contributed by atoms with van der Waals surface area (Å²) in [5, 5.41) is 0.424. The predicted molar refractivity (Wildman–Crippen MR) is 115 cm³/mol. The molecule has 34 heavy (non-hydrogen) atoms. The van der Waals surface area contributed by atoms with E-state index < -0.39 is 42.6 Å². The summed E-state index contributed by atoms with van der Waals surface area (Å²) in [6.45, 7) is -0.480. The molecule has 0 bridgehead atoms. The molecule has 0 aliphatic rings. The SMILES string of the molecule is CCOC(=O)CN(C(=O)C(F)(F)F)C(N(N)c1ccccc1)(N(N)c1ccccc1)P(=O)(O)O. The third-order valence-electron chi connectivity index (χ3n) is 4.55. The Morgan fingerprint density at radius 3 is 1.68 bits per heavy atom. The summed E-state index contributed by atoms with van der Waals surface area (Å²) < 4.78 is 58.7. The van der Waals surface area contributed by atoms with Crippen LogP contribution >= 0.6 is 7.60 Å². The molecule has 186 valence electrons. The van der Waals surface area contributed by atoms with Gasteiger partial charge in [0.05, 0.1) is 18.0 Å². The second-order valence-corrected chi connectivity index (χ2v) is 8.44. The zero-order chi connectivity index (χ0) is 25.7. The van der Waals surface area contributed by atoms with Gasteiger partial charge < -0.3 is 14.5 Å². The Labute approximate surface area is 192 Å². The van der Waals surface area contributed by atoms with Crippen molar-refractivity contribution in [3.63, 3.8) is 0 Å². The molecule has 0 atom stereocenters. The van der Waals surface area contributed by atoms with Crippen LogP contribution in [0.25, 0.3) is 0 Å². The number of benzene rings is 2. The number of rotatable bonds is 9. The highest BCUT2D eigenvalue weighted by atomic mass is 31.2. The maximum atomic E-state index is 13.7. The number of nitrogens with zero attached hydrogens (tertiary/aromatic N) is 3. The number of halogens is 3. The molecule has 0 aliphatic carbocycles. The Kier molecular flexibility index (Phi) is 8.29. The van der Waals surface area contributed by atoms with Crippen LogP contribution in [0.4, 0.5) is 24.5 Å². The Morgan fingerprint density at radius 1 is 0.941 bits per heavy atom. The molecule has 0 saturated heterocycles. The largest absolute Gasteiger partial charge is 0.471 e. The first-order chi connectivity index (χ1) is 15.8. The smallest absolute Gasteiger partial charge is 0.465 e. The zero-order valence-corrected chi connectivity index (χ0v) is 18.7. The third-order valence-corrected chi connectivity index (χ3v) is 6.00. The van der Waals surface area contributed by atoms with Crippen LogP contribution in [0.15, 0.2) is 60.7 Å². The highest BCUT2D eigenvalue weighted by molar-refractivity contribution is 7.53. The number of ether oxygens (including phenoxy) is 1. The van der Waals surface area contributed by atoms with Gasteiger partial charge in [0.2, 0.25) is 0 Å². The van der Waals surface area contributed by atoms with E-state index in [1.165, 1.54) is 67.6 Å². The van der Waals surface area contributed by atoms with E-state index in [-0.39, 0.29) is 28.0 Å². The minimum atomic E-state index is -6.01. The van der Waals surface area contributed by atoms with Crippen molar-refractivity contribution < 1.29 is 41.8 Å². The van der Waals surface area contributed by atoms with E-state index in [0.29, 0.717) is 0 Å². The van der Waals surface area contributed by atoms with Gasteiger partial charge in [-0.05, 0) is 31.2 Å². The minimum absolute atomic E-state index is 0.212. The molecular weight excluding hydrogens is 482 g/mol. The quantitative estimate of drug-likeness (QED) is 0.129. The molecule has 11 nitrogen and oxygen atoms in total. The number of para-hydroxylation sites is 2. The van der Waals surface area contributed by atoms with Gasteiger partial charge in [-0.25, -0.2) is 11.7 Å². The molecule has 0 aromatic heterocycles. The molecule has 2 aromatic rings. The molecule has 0 aliphatic heterocycles. The number of hydrogen-bond donors (Lipinski definition) is 4. The summed E-state index contributed by atoms with van der Waals surface area (Å²) in [5.41, 5.74) is -4.03. The van der Waals surface area contributed by atoms with Crippen LogP contribution in [0, 0.1) is 0 Å². The van der Waals surface area contributed by atoms with Gasteiger partial charge in [-0.2, -0.15) is 13.2 Å². The molecule has 0 heterocycles. The van der Waals surface area contributed by atoms with Crippen molar-refractivity contribution in [1.82, 2.24) is 4.90 Å². The average molecular weight is 505 g/mol. The Balaban J connectivity index is 2.94. The van der Waals surface area contributed by atoms with Crippen molar-refractivity contribution in [3.8, 4) is 0 Å². The number of amides is 1. The van der Waals surface area contributed by atoms with Crippen LogP contribution in [-0.4, -0.2) is 51.4 Å². The van der Waals surface area contributed by atoms with Crippen LogP contribution in [-0.2, 0) is 18.9 Å². The maximum Gasteiger partial charge on any atom is 0.471 e. The highest BCUT2D eigenvalue weighted by Crippen LogP contribution is 2.57. The van der Waals surface area contributed by atoms with Gasteiger partial charge in [0.1, 0.15) is 6.54 Å². The summed E-state index contributed by atoms with van der Waals surface area (Å²) in [7, 11) is -6.01. The predicted octanol–water partition coefficient (Wildman–Crippen LogP) is 1.49. The Hall–Kier alpha value is -3.16. The number of esters is 1. The van der Waals surface area contributed by atoms with Crippen LogP contribution < -0.4 is 21.7 Å². The van der Waals surface area contributed by atoms with Crippen molar-refractivity contribution in [2.75, 3.05) is 23.2 Å². The molecule has 15 heteroatoms. The summed E-state index contributed by atoms with van der Waals surface area (Å²) >= 11 is 0. The lowest BCUT2D eigenvalue weighted by Gasteiger charge is -2.52. The molecule has 0 fully saturated rings. The van der Waals surface area contributed by atoms with Gasteiger partial charge in [-0.15, -0.1) is 0 Å². The van der Waals surface area contributed by atoms with Crippen molar-refractivity contribution in [3.05, 3.63) is 60.7 Å².